The van der Waals surface area contributed by atoms with Gasteiger partial charge in [-0.3, -0.25) is 0 Å². The molecular weight excluding hydrogens is 369 g/mol. The second kappa shape index (κ2) is 8.33. The molecule has 1 N–H and O–H groups in total. The van der Waals surface area contributed by atoms with Crippen LogP contribution in [0.5, 0.6) is 5.75 Å². The predicted molar refractivity (Wildman–Crippen MR) is 100.0 cm³/mol. The van der Waals surface area contributed by atoms with Crippen molar-refractivity contribution in [3.8, 4) is 5.75 Å². The fourth-order valence-electron chi connectivity index (χ4n) is 2.68. The first-order valence-electron chi connectivity index (χ1n) is 8.85. The number of carbonyl (C=O) groups is 1. The molecule has 3 nitrogen and oxygen atoms in total. The van der Waals surface area contributed by atoms with Crippen LogP contribution >= 0.6 is 0 Å². The number of hydrogen-bond acceptors (Lipinski definition) is 2. The molecule has 6 heteroatoms. The number of benzene rings is 2. The molecule has 0 radical (unpaired) electrons. The number of alkyl halides is 3. The van der Waals surface area contributed by atoms with E-state index in [0.717, 1.165) is 36.6 Å². The summed E-state index contributed by atoms with van der Waals surface area (Å²) < 4.78 is 44.3. The lowest BCUT2D eigenvalue weighted by molar-refractivity contribution is -0.137. The van der Waals surface area contributed by atoms with Crippen molar-refractivity contribution < 1.29 is 27.8 Å². The van der Waals surface area contributed by atoms with Crippen LogP contribution in [-0.2, 0) is 11.0 Å². The molecule has 0 aliphatic heterocycles. The van der Waals surface area contributed by atoms with Gasteiger partial charge in [-0.2, -0.15) is 13.2 Å². The van der Waals surface area contributed by atoms with E-state index in [0.29, 0.717) is 29.4 Å². The molecule has 0 saturated heterocycles. The summed E-state index contributed by atoms with van der Waals surface area (Å²) in [6.07, 6.45) is 1.80. The average molecular weight is 388 g/mol. The third kappa shape index (κ3) is 5.49. The van der Waals surface area contributed by atoms with Crippen molar-refractivity contribution in [2.75, 3.05) is 6.61 Å². The van der Waals surface area contributed by atoms with Gasteiger partial charge < -0.3 is 9.84 Å². The summed E-state index contributed by atoms with van der Waals surface area (Å²) in [7, 11) is 0. The van der Waals surface area contributed by atoms with Crippen molar-refractivity contribution >= 4 is 11.5 Å². The summed E-state index contributed by atoms with van der Waals surface area (Å²) in [5, 5.41) is 8.80. The van der Waals surface area contributed by atoms with Gasteiger partial charge in [0, 0.05) is 6.08 Å². The zero-order chi connectivity index (χ0) is 20.1. The number of rotatable bonds is 7. The smallest absolute Gasteiger partial charge is 0.416 e. The number of carboxylic acids is 1. The van der Waals surface area contributed by atoms with Gasteiger partial charge in [-0.25, -0.2) is 4.79 Å². The van der Waals surface area contributed by atoms with Crippen molar-refractivity contribution in [2.24, 2.45) is 5.92 Å². The molecule has 0 heterocycles. The number of halogens is 3. The number of hydrogen-bond donors (Lipinski definition) is 1. The Labute approximate surface area is 160 Å². The first-order valence-corrected chi connectivity index (χ1v) is 8.85. The van der Waals surface area contributed by atoms with Gasteiger partial charge in [0.1, 0.15) is 5.75 Å². The summed E-state index contributed by atoms with van der Waals surface area (Å²) in [6.45, 7) is 0.641. The van der Waals surface area contributed by atoms with E-state index in [2.05, 4.69) is 0 Å². The minimum atomic E-state index is -4.41. The van der Waals surface area contributed by atoms with E-state index in [4.69, 9.17) is 9.84 Å². The van der Waals surface area contributed by atoms with Gasteiger partial charge in [0.05, 0.1) is 12.2 Å². The van der Waals surface area contributed by atoms with Gasteiger partial charge in [-0.1, -0.05) is 36.4 Å². The molecule has 0 aromatic heterocycles. The third-order valence-electron chi connectivity index (χ3n) is 4.35. The Kier molecular flexibility index (Phi) is 5.87. The summed E-state index contributed by atoms with van der Waals surface area (Å²) in [5.41, 5.74) is 1.13. The normalized spacial score (nSPS) is 15.0. The van der Waals surface area contributed by atoms with Crippen molar-refractivity contribution in [2.45, 2.75) is 19.0 Å². The highest BCUT2D eigenvalue weighted by Gasteiger charge is 2.30. The van der Waals surface area contributed by atoms with Crippen LogP contribution in [0.15, 0.2) is 66.8 Å². The first-order chi connectivity index (χ1) is 13.3. The number of ether oxygens (including phenoxy) is 1. The van der Waals surface area contributed by atoms with Gasteiger partial charge in [0.25, 0.3) is 0 Å². The highest BCUT2D eigenvalue weighted by atomic mass is 19.4. The standard InChI is InChI=1S/C22H19F3O3/c23-22(24,25)18-11-9-16(10-12-18)20(5-2-6-21(26)27)17-3-1-4-19(13-17)28-14-15-7-8-15/h1-6,9-13,15H,7-8,14H2,(H,26,27). The fraction of sp³-hybridized carbons (Fsp3) is 0.227. The first kappa shape index (κ1) is 19.7. The molecule has 0 atom stereocenters. The van der Waals surface area contributed by atoms with Crippen molar-refractivity contribution in [3.63, 3.8) is 0 Å². The quantitative estimate of drug-likeness (QED) is 0.498. The Morgan fingerprint density at radius 3 is 2.43 bits per heavy atom. The van der Waals surface area contributed by atoms with E-state index in [-0.39, 0.29) is 0 Å². The Hall–Kier alpha value is -3.02. The minimum Gasteiger partial charge on any atom is -0.493 e. The number of carboxylic acid groups (broad SMARTS) is 1. The van der Waals surface area contributed by atoms with E-state index < -0.39 is 17.7 Å². The van der Waals surface area contributed by atoms with E-state index in [9.17, 15) is 18.0 Å². The van der Waals surface area contributed by atoms with Crippen LogP contribution in [-0.4, -0.2) is 17.7 Å². The van der Waals surface area contributed by atoms with Crippen molar-refractivity contribution in [3.05, 3.63) is 83.4 Å². The van der Waals surface area contributed by atoms with E-state index in [1.807, 2.05) is 12.1 Å². The fourth-order valence-corrected chi connectivity index (χ4v) is 2.68. The van der Waals surface area contributed by atoms with Gasteiger partial charge >= 0.3 is 12.1 Å². The molecule has 0 amide bonds. The molecule has 2 aromatic carbocycles. The zero-order valence-corrected chi connectivity index (χ0v) is 14.9. The van der Waals surface area contributed by atoms with Crippen molar-refractivity contribution in [1.82, 2.24) is 0 Å². The van der Waals surface area contributed by atoms with Crippen LogP contribution in [0.1, 0.15) is 29.5 Å². The Morgan fingerprint density at radius 2 is 1.82 bits per heavy atom. The minimum absolute atomic E-state index is 0.544. The Morgan fingerprint density at radius 1 is 1.11 bits per heavy atom. The van der Waals surface area contributed by atoms with Crippen LogP contribution in [0.25, 0.3) is 5.57 Å². The highest BCUT2D eigenvalue weighted by Crippen LogP contribution is 2.33. The van der Waals surface area contributed by atoms with Crippen LogP contribution < -0.4 is 4.74 Å². The molecule has 1 aliphatic rings. The van der Waals surface area contributed by atoms with Crippen LogP contribution in [0.2, 0.25) is 0 Å². The van der Waals surface area contributed by atoms with Gasteiger partial charge in [-0.15, -0.1) is 0 Å². The van der Waals surface area contributed by atoms with Crippen LogP contribution in [0.3, 0.4) is 0 Å². The maximum absolute atomic E-state index is 12.8. The van der Waals surface area contributed by atoms with Gasteiger partial charge in [0.2, 0.25) is 0 Å². The zero-order valence-electron chi connectivity index (χ0n) is 14.9. The van der Waals surface area contributed by atoms with Crippen molar-refractivity contribution in [1.29, 1.82) is 0 Å². The predicted octanol–water partition coefficient (Wildman–Crippen LogP) is 5.57. The van der Waals surface area contributed by atoms with E-state index in [1.54, 1.807) is 18.2 Å². The maximum atomic E-state index is 12.8. The highest BCUT2D eigenvalue weighted by molar-refractivity contribution is 5.84. The van der Waals surface area contributed by atoms with E-state index in [1.165, 1.54) is 18.2 Å². The molecule has 1 fully saturated rings. The van der Waals surface area contributed by atoms with Gasteiger partial charge in [0.15, 0.2) is 0 Å². The molecule has 1 aliphatic carbocycles. The second-order valence-electron chi connectivity index (χ2n) is 6.64. The molecule has 0 unspecified atom stereocenters. The summed E-state index contributed by atoms with van der Waals surface area (Å²) in [4.78, 5) is 10.8. The molecule has 3 rings (SSSR count). The molecule has 0 bridgehead atoms. The molecular formula is C22H19F3O3. The van der Waals surface area contributed by atoms with Crippen LogP contribution in [0.4, 0.5) is 13.2 Å². The van der Waals surface area contributed by atoms with Crippen LogP contribution in [0, 0.1) is 5.92 Å². The lowest BCUT2D eigenvalue weighted by Crippen LogP contribution is -2.04. The third-order valence-corrected chi connectivity index (χ3v) is 4.35. The largest absolute Gasteiger partial charge is 0.493 e. The second-order valence-corrected chi connectivity index (χ2v) is 6.64. The molecule has 1 saturated carbocycles. The SMILES string of the molecule is O=C(O)C=CC=C(c1ccc(C(F)(F)F)cc1)c1cccc(OCC2CC2)c1. The van der Waals surface area contributed by atoms with E-state index >= 15 is 0 Å². The lowest BCUT2D eigenvalue weighted by atomic mass is 9.96. The topological polar surface area (TPSA) is 46.5 Å². The molecule has 0 spiro atoms. The number of allylic oxidation sites excluding steroid dienone is 2. The Balaban J connectivity index is 1.92. The summed E-state index contributed by atoms with van der Waals surface area (Å²) in [6, 6.07) is 12.0. The monoisotopic (exact) mass is 388 g/mol. The molecule has 146 valence electrons. The average Bonchev–Trinajstić information content (AvgIpc) is 3.48. The lowest BCUT2D eigenvalue weighted by Gasteiger charge is -2.12. The Bertz CT molecular complexity index is 892. The molecule has 2 aromatic rings. The van der Waals surface area contributed by atoms with Gasteiger partial charge in [-0.05, 0) is 59.7 Å². The summed E-state index contributed by atoms with van der Waals surface area (Å²) >= 11 is 0. The number of aliphatic carboxylic acids is 1. The molecule has 28 heavy (non-hydrogen) atoms. The summed E-state index contributed by atoms with van der Waals surface area (Å²) in [5.74, 6) is 0.154. The maximum Gasteiger partial charge on any atom is 0.416 e.